The van der Waals surface area contributed by atoms with Gasteiger partial charge in [0.1, 0.15) is 18.1 Å². The zero-order valence-electron chi connectivity index (χ0n) is 9.97. The average Bonchev–Trinajstić information content (AvgIpc) is 2.43. The minimum atomic E-state index is 0.146. The van der Waals surface area contributed by atoms with Crippen molar-refractivity contribution in [2.45, 2.75) is 0 Å². The van der Waals surface area contributed by atoms with Crippen LogP contribution >= 0.6 is 0 Å². The molecule has 4 heteroatoms. The highest BCUT2D eigenvalue weighted by molar-refractivity contribution is 5.57. The van der Waals surface area contributed by atoms with Gasteiger partial charge in [0.2, 0.25) is 0 Å². The lowest BCUT2D eigenvalue weighted by molar-refractivity contribution is 0.323. The number of phenols is 1. The van der Waals surface area contributed by atoms with Crippen molar-refractivity contribution in [2.24, 2.45) is 0 Å². The van der Waals surface area contributed by atoms with E-state index in [4.69, 9.17) is 15.6 Å². The fraction of sp³-hybridized carbons (Fsp3) is 0.143. The van der Waals surface area contributed by atoms with Crippen LogP contribution in [0.15, 0.2) is 48.5 Å². The zero-order chi connectivity index (χ0) is 12.8. The Morgan fingerprint density at radius 2 is 1.78 bits per heavy atom. The molecule has 0 aromatic heterocycles. The maximum atomic E-state index is 8.79. The first-order valence-electron chi connectivity index (χ1n) is 5.76. The number of nitrogens with two attached hydrogens (primary N) is 1. The van der Waals surface area contributed by atoms with Gasteiger partial charge in [-0.3, -0.25) is 0 Å². The van der Waals surface area contributed by atoms with Crippen molar-refractivity contribution in [3.8, 4) is 11.5 Å². The third kappa shape index (κ3) is 3.07. The minimum absolute atomic E-state index is 0.146. The molecule has 0 saturated heterocycles. The number of nitrogen functional groups attached to an aromatic ring is 1. The van der Waals surface area contributed by atoms with Crippen LogP contribution in [0.2, 0.25) is 0 Å². The van der Waals surface area contributed by atoms with Gasteiger partial charge >= 0.3 is 0 Å². The quantitative estimate of drug-likeness (QED) is 0.492. The summed E-state index contributed by atoms with van der Waals surface area (Å²) in [6, 6.07) is 14.7. The first kappa shape index (κ1) is 12.1. The summed E-state index contributed by atoms with van der Waals surface area (Å²) in [5, 5.41) is 12.0. The number of fused-ring (bicyclic) bond motifs is 1. The molecule has 0 spiro atoms. The molecule has 2 aromatic rings. The maximum absolute atomic E-state index is 8.79. The number of para-hydroxylation sites is 4. The number of phenolic OH excluding ortho intramolecular Hbond substituents is 1. The number of anilines is 2. The van der Waals surface area contributed by atoms with E-state index in [-0.39, 0.29) is 5.75 Å². The first-order valence-corrected chi connectivity index (χ1v) is 5.76. The highest BCUT2D eigenvalue weighted by Crippen LogP contribution is 2.25. The summed E-state index contributed by atoms with van der Waals surface area (Å²) in [6.07, 6.45) is 0. The van der Waals surface area contributed by atoms with E-state index in [1.807, 2.05) is 24.3 Å². The third-order valence-electron chi connectivity index (χ3n) is 2.50. The molecule has 4 N–H and O–H groups in total. The highest BCUT2D eigenvalue weighted by Gasteiger charge is 2.05. The number of benzene rings is 2. The molecule has 0 unspecified atom stereocenters. The molecule has 1 heterocycles. The number of nitrogens with one attached hydrogen (secondary N) is 1. The fourth-order valence-electron chi connectivity index (χ4n) is 1.57. The van der Waals surface area contributed by atoms with Gasteiger partial charge in [-0.05, 0) is 24.3 Å². The second kappa shape index (κ2) is 5.82. The first-order chi connectivity index (χ1) is 8.77. The van der Waals surface area contributed by atoms with Crippen LogP contribution in [0, 0.1) is 0 Å². The summed E-state index contributed by atoms with van der Waals surface area (Å²) in [6.45, 7) is 1.69. The summed E-state index contributed by atoms with van der Waals surface area (Å²) in [5.41, 5.74) is 6.80. The molecule has 0 radical (unpaired) electrons. The number of hydrogen-bond acceptors (Lipinski definition) is 4. The monoisotopic (exact) mass is 244 g/mol. The van der Waals surface area contributed by atoms with Gasteiger partial charge in [0.15, 0.2) is 0 Å². The topological polar surface area (TPSA) is 67.5 Å². The van der Waals surface area contributed by atoms with Crippen molar-refractivity contribution in [2.75, 3.05) is 24.2 Å². The molecular weight excluding hydrogens is 228 g/mol. The second-order valence-corrected chi connectivity index (χ2v) is 3.83. The van der Waals surface area contributed by atoms with Gasteiger partial charge in [-0.1, -0.05) is 24.3 Å². The Kier molecular flexibility index (Phi) is 3.91. The lowest BCUT2D eigenvalue weighted by Gasteiger charge is -2.17. The summed E-state index contributed by atoms with van der Waals surface area (Å²) >= 11 is 0. The van der Waals surface area contributed by atoms with Crippen LogP contribution in [-0.4, -0.2) is 18.3 Å². The molecule has 0 aliphatic carbocycles. The molecule has 0 bridgehead atoms. The normalized spacial score (nSPS) is 12.2. The van der Waals surface area contributed by atoms with Crippen molar-refractivity contribution >= 4 is 11.4 Å². The smallest absolute Gasteiger partial charge is 0.142 e. The van der Waals surface area contributed by atoms with Crippen LogP contribution in [0.5, 0.6) is 11.5 Å². The van der Waals surface area contributed by atoms with E-state index in [1.165, 1.54) is 0 Å². The fourth-order valence-corrected chi connectivity index (χ4v) is 1.57. The van der Waals surface area contributed by atoms with Crippen molar-refractivity contribution in [3.63, 3.8) is 0 Å². The van der Waals surface area contributed by atoms with Crippen LogP contribution in [0.25, 0.3) is 0 Å². The molecule has 0 atom stereocenters. The Morgan fingerprint density at radius 3 is 2.44 bits per heavy atom. The van der Waals surface area contributed by atoms with E-state index in [1.54, 1.807) is 24.3 Å². The Bertz CT molecular complexity index is 469. The Balaban J connectivity index is 0.000000138. The molecule has 0 amide bonds. The van der Waals surface area contributed by atoms with Gasteiger partial charge in [-0.2, -0.15) is 0 Å². The van der Waals surface area contributed by atoms with Crippen LogP contribution in [-0.2, 0) is 0 Å². The van der Waals surface area contributed by atoms with Gasteiger partial charge < -0.3 is 20.9 Å². The highest BCUT2D eigenvalue weighted by atomic mass is 16.5. The number of hydrogen-bond donors (Lipinski definition) is 3. The number of rotatable bonds is 0. The summed E-state index contributed by atoms with van der Waals surface area (Å²) in [5.74, 6) is 1.11. The van der Waals surface area contributed by atoms with Crippen molar-refractivity contribution < 1.29 is 9.84 Å². The predicted molar refractivity (Wildman–Crippen MR) is 72.9 cm³/mol. The van der Waals surface area contributed by atoms with Gasteiger partial charge in [0.05, 0.1) is 11.4 Å². The van der Waals surface area contributed by atoms with Crippen molar-refractivity contribution in [3.05, 3.63) is 48.5 Å². The molecule has 2 aromatic carbocycles. The number of ether oxygens (including phenoxy) is 1. The summed E-state index contributed by atoms with van der Waals surface area (Å²) < 4.78 is 5.36. The van der Waals surface area contributed by atoms with Crippen LogP contribution < -0.4 is 15.8 Å². The van der Waals surface area contributed by atoms with Crippen molar-refractivity contribution in [1.82, 2.24) is 0 Å². The standard InChI is InChI=1S/C8H9NO.C6H7NO/c1-2-4-8-7(3-1)9-5-6-10-8;7-5-3-1-2-4-6(5)8/h1-4,9H,5-6H2;1-4,8H,7H2. The molecule has 1 aliphatic heterocycles. The Morgan fingerprint density at radius 1 is 1.06 bits per heavy atom. The Labute approximate surface area is 106 Å². The molecule has 4 nitrogen and oxygen atoms in total. The van der Waals surface area contributed by atoms with Crippen LogP contribution in [0.1, 0.15) is 0 Å². The zero-order valence-corrected chi connectivity index (χ0v) is 9.97. The Hall–Kier alpha value is -2.36. The van der Waals surface area contributed by atoms with E-state index in [9.17, 15) is 0 Å². The molecule has 94 valence electrons. The van der Waals surface area contributed by atoms with Gasteiger partial charge in [0, 0.05) is 6.54 Å². The largest absolute Gasteiger partial charge is 0.506 e. The van der Waals surface area contributed by atoms with Gasteiger partial charge in [0.25, 0.3) is 0 Å². The molecule has 18 heavy (non-hydrogen) atoms. The molecule has 1 aliphatic rings. The van der Waals surface area contributed by atoms with E-state index in [0.29, 0.717) is 5.69 Å². The van der Waals surface area contributed by atoms with Crippen LogP contribution in [0.3, 0.4) is 0 Å². The average molecular weight is 244 g/mol. The second-order valence-electron chi connectivity index (χ2n) is 3.83. The van der Waals surface area contributed by atoms with E-state index < -0.39 is 0 Å². The lowest BCUT2D eigenvalue weighted by atomic mass is 10.3. The molecular formula is C14H16N2O2. The van der Waals surface area contributed by atoms with E-state index in [0.717, 1.165) is 24.6 Å². The predicted octanol–water partition coefficient (Wildman–Crippen LogP) is 2.47. The molecule has 0 saturated carbocycles. The van der Waals surface area contributed by atoms with E-state index >= 15 is 0 Å². The third-order valence-corrected chi connectivity index (χ3v) is 2.50. The van der Waals surface area contributed by atoms with Crippen molar-refractivity contribution in [1.29, 1.82) is 0 Å². The van der Waals surface area contributed by atoms with Gasteiger partial charge in [-0.25, -0.2) is 0 Å². The number of aromatic hydroxyl groups is 1. The van der Waals surface area contributed by atoms with Gasteiger partial charge in [-0.15, -0.1) is 0 Å². The molecule has 3 rings (SSSR count). The summed E-state index contributed by atoms with van der Waals surface area (Å²) in [4.78, 5) is 0. The van der Waals surface area contributed by atoms with Crippen LogP contribution in [0.4, 0.5) is 11.4 Å². The minimum Gasteiger partial charge on any atom is -0.506 e. The maximum Gasteiger partial charge on any atom is 0.142 e. The lowest BCUT2D eigenvalue weighted by Crippen LogP contribution is -2.17. The molecule has 0 fully saturated rings. The summed E-state index contributed by atoms with van der Waals surface area (Å²) in [7, 11) is 0. The SMILES string of the molecule is Nc1ccccc1O.c1ccc2c(c1)NCCO2. The van der Waals surface area contributed by atoms with E-state index in [2.05, 4.69) is 5.32 Å².